The van der Waals surface area contributed by atoms with Crippen molar-refractivity contribution in [3.63, 3.8) is 0 Å². The first kappa shape index (κ1) is 28.4. The smallest absolute Gasteiger partial charge is 0.284 e. The van der Waals surface area contributed by atoms with Crippen molar-refractivity contribution in [2.45, 2.75) is 38.9 Å². The number of pyridine rings is 2. The molecule has 3 aromatic heterocycles. The molecule has 1 saturated heterocycles. The van der Waals surface area contributed by atoms with E-state index in [1.807, 2.05) is 25.7 Å². The first-order chi connectivity index (χ1) is 20.5. The number of phenolic OH excluding ortho intramolecular Hbond substituents is 1. The number of halogens is 2. The van der Waals surface area contributed by atoms with Gasteiger partial charge in [0.25, 0.3) is 11.5 Å². The van der Waals surface area contributed by atoms with E-state index >= 15 is 4.39 Å². The predicted molar refractivity (Wildman–Crippen MR) is 161 cm³/mol. The van der Waals surface area contributed by atoms with E-state index in [4.69, 9.17) is 16.6 Å². The predicted octanol–water partition coefficient (Wildman–Crippen LogP) is 3.90. The Hall–Kier alpha value is -4.71. The summed E-state index contributed by atoms with van der Waals surface area (Å²) >= 11 is 6.77. The molecular weight excluding hydrogens is 577 g/mol. The van der Waals surface area contributed by atoms with Crippen LogP contribution in [0.25, 0.3) is 28.1 Å². The number of anilines is 2. The molecule has 1 fully saturated rings. The van der Waals surface area contributed by atoms with Crippen molar-refractivity contribution in [2.24, 2.45) is 0 Å². The molecule has 222 valence electrons. The SMILES string of the molecule is C=CC(=O)N1C[C@@H](C)N2c3c(c(=O)n(-c4ccnn4C(C)C)c4nc(-c5c(O)cccc5F)c(Cl)cc34)N(C)C(=O)[C@H]2C1. The molecule has 1 aromatic carbocycles. The van der Waals surface area contributed by atoms with Crippen LogP contribution in [0, 0.1) is 5.82 Å². The second-order valence-corrected chi connectivity index (χ2v) is 11.4. The quantitative estimate of drug-likeness (QED) is 0.351. The third-order valence-corrected chi connectivity index (χ3v) is 8.32. The number of carbonyl (C=O) groups is 2. The molecule has 2 amide bonds. The van der Waals surface area contributed by atoms with Crippen LogP contribution in [0.1, 0.15) is 26.8 Å². The van der Waals surface area contributed by atoms with Crippen LogP contribution in [0.3, 0.4) is 0 Å². The number of benzene rings is 1. The van der Waals surface area contributed by atoms with Gasteiger partial charge in [0, 0.05) is 37.1 Å². The van der Waals surface area contributed by atoms with Crippen molar-refractivity contribution in [3.8, 4) is 22.8 Å². The normalized spacial score (nSPS) is 18.3. The third kappa shape index (κ3) is 4.19. The third-order valence-electron chi connectivity index (χ3n) is 8.03. The van der Waals surface area contributed by atoms with E-state index in [9.17, 15) is 19.5 Å². The molecule has 0 aliphatic carbocycles. The Bertz CT molecular complexity index is 1880. The topological polar surface area (TPSA) is 117 Å². The van der Waals surface area contributed by atoms with Crippen LogP contribution in [-0.4, -0.2) is 73.4 Å². The number of amides is 2. The van der Waals surface area contributed by atoms with E-state index < -0.39 is 17.4 Å². The van der Waals surface area contributed by atoms with Crippen LogP contribution in [0.4, 0.5) is 15.8 Å². The van der Waals surface area contributed by atoms with E-state index in [0.717, 1.165) is 0 Å². The van der Waals surface area contributed by atoms with Gasteiger partial charge in [-0.2, -0.15) is 5.10 Å². The Morgan fingerprint density at radius 3 is 2.63 bits per heavy atom. The second kappa shape index (κ2) is 10.2. The summed E-state index contributed by atoms with van der Waals surface area (Å²) in [5.41, 5.74) is -0.143. The second-order valence-electron chi connectivity index (χ2n) is 11.0. The van der Waals surface area contributed by atoms with Crippen LogP contribution in [0.5, 0.6) is 5.75 Å². The standard InChI is InChI=1S/C30H29ClFN7O4/c1-6-23(41)36-13-16(4)37-20(14-36)29(42)35(5)27-26(37)17-12-18(31)25(24-19(32)8-7-9-21(24)40)34-28(17)38(30(27)43)22-10-11-33-39(22)15(2)3/h6-12,15-16,20,40H,1,13-14H2,2-5H3/t16-,20-/m1/s1. The van der Waals surface area contributed by atoms with Gasteiger partial charge in [-0.1, -0.05) is 24.2 Å². The highest BCUT2D eigenvalue weighted by Gasteiger charge is 2.46. The zero-order chi connectivity index (χ0) is 30.9. The molecule has 2 atom stereocenters. The molecule has 6 rings (SSSR count). The Labute approximate surface area is 251 Å². The van der Waals surface area contributed by atoms with Gasteiger partial charge in [-0.3, -0.25) is 14.4 Å². The van der Waals surface area contributed by atoms with E-state index in [-0.39, 0.29) is 70.4 Å². The fourth-order valence-electron chi connectivity index (χ4n) is 6.14. The summed E-state index contributed by atoms with van der Waals surface area (Å²) in [6, 6.07) is 5.77. The van der Waals surface area contributed by atoms with Crippen LogP contribution in [0.2, 0.25) is 5.02 Å². The lowest BCUT2D eigenvalue weighted by atomic mass is 9.97. The lowest BCUT2D eigenvalue weighted by molar-refractivity contribution is -0.129. The number of aromatic hydroxyl groups is 1. The average molecular weight is 606 g/mol. The van der Waals surface area contributed by atoms with E-state index in [1.54, 1.807) is 27.9 Å². The summed E-state index contributed by atoms with van der Waals surface area (Å²) in [5, 5.41) is 15.4. The first-order valence-electron chi connectivity index (χ1n) is 13.7. The monoisotopic (exact) mass is 605 g/mol. The molecule has 2 aliphatic rings. The maximum atomic E-state index is 15.1. The fourth-order valence-corrected chi connectivity index (χ4v) is 6.38. The van der Waals surface area contributed by atoms with Gasteiger partial charge < -0.3 is 19.8 Å². The number of hydrogen-bond acceptors (Lipinski definition) is 7. The summed E-state index contributed by atoms with van der Waals surface area (Å²) in [7, 11) is 1.52. The summed E-state index contributed by atoms with van der Waals surface area (Å²) in [4.78, 5) is 50.4. The lowest BCUT2D eigenvalue weighted by Gasteiger charge is -2.50. The summed E-state index contributed by atoms with van der Waals surface area (Å²) < 4.78 is 18.1. The van der Waals surface area contributed by atoms with Crippen molar-refractivity contribution in [1.82, 2.24) is 24.2 Å². The van der Waals surface area contributed by atoms with Gasteiger partial charge in [-0.05, 0) is 45.0 Å². The van der Waals surface area contributed by atoms with Crippen molar-refractivity contribution >= 4 is 45.8 Å². The highest BCUT2D eigenvalue weighted by Crippen LogP contribution is 2.45. The van der Waals surface area contributed by atoms with Crippen molar-refractivity contribution in [1.29, 1.82) is 0 Å². The van der Waals surface area contributed by atoms with Crippen LogP contribution >= 0.6 is 11.6 Å². The molecule has 5 heterocycles. The molecule has 11 nitrogen and oxygen atoms in total. The Balaban J connectivity index is 1.73. The summed E-state index contributed by atoms with van der Waals surface area (Å²) in [6.45, 7) is 9.62. The van der Waals surface area contributed by atoms with Gasteiger partial charge in [-0.15, -0.1) is 0 Å². The van der Waals surface area contributed by atoms with Crippen molar-refractivity contribution < 1.29 is 19.1 Å². The number of phenols is 1. The maximum absolute atomic E-state index is 15.1. The molecule has 13 heteroatoms. The Morgan fingerprint density at radius 2 is 1.95 bits per heavy atom. The Kier molecular flexibility index (Phi) is 6.76. The number of rotatable bonds is 4. The van der Waals surface area contributed by atoms with Crippen LogP contribution < -0.4 is 15.4 Å². The summed E-state index contributed by atoms with van der Waals surface area (Å²) in [6.07, 6.45) is 2.76. The fraction of sp³-hybridized carbons (Fsp3) is 0.300. The van der Waals surface area contributed by atoms with Crippen molar-refractivity contribution in [2.75, 3.05) is 29.9 Å². The molecule has 0 unspecified atom stereocenters. The van der Waals surface area contributed by atoms with Crippen LogP contribution in [-0.2, 0) is 9.59 Å². The van der Waals surface area contributed by atoms with Gasteiger partial charge in [0.1, 0.15) is 29.1 Å². The molecule has 43 heavy (non-hydrogen) atoms. The molecule has 2 aliphatic heterocycles. The number of nitrogens with zero attached hydrogens (tertiary/aromatic N) is 7. The minimum absolute atomic E-state index is 0.0295. The van der Waals surface area contributed by atoms with Crippen molar-refractivity contribution in [3.05, 3.63) is 70.4 Å². The van der Waals surface area contributed by atoms with E-state index in [0.29, 0.717) is 16.9 Å². The molecule has 0 radical (unpaired) electrons. The molecule has 0 bridgehead atoms. The largest absolute Gasteiger partial charge is 0.507 e. The summed E-state index contributed by atoms with van der Waals surface area (Å²) in [5.74, 6) is -1.38. The van der Waals surface area contributed by atoms with Gasteiger partial charge in [0.05, 0.1) is 34.7 Å². The zero-order valence-electron chi connectivity index (χ0n) is 24.0. The number of piperazine rings is 1. The highest BCUT2D eigenvalue weighted by molar-refractivity contribution is 6.34. The van der Waals surface area contributed by atoms with E-state index in [1.165, 1.54) is 40.8 Å². The number of likely N-dealkylation sites (N-methyl/N-ethyl adjacent to an activating group) is 1. The molecule has 1 N–H and O–H groups in total. The van der Waals surface area contributed by atoms with Crippen LogP contribution in [0.15, 0.2) is 54.0 Å². The first-order valence-corrected chi connectivity index (χ1v) is 14.1. The van der Waals surface area contributed by atoms with Gasteiger partial charge in [0.15, 0.2) is 5.65 Å². The van der Waals surface area contributed by atoms with Gasteiger partial charge in [-0.25, -0.2) is 18.6 Å². The Morgan fingerprint density at radius 1 is 1.21 bits per heavy atom. The molecule has 4 aromatic rings. The minimum Gasteiger partial charge on any atom is -0.507 e. The zero-order valence-corrected chi connectivity index (χ0v) is 24.7. The number of hydrogen-bond donors (Lipinski definition) is 1. The number of fused-ring (bicyclic) bond motifs is 5. The molecule has 0 saturated carbocycles. The molecular formula is C30H29ClFN7O4. The van der Waals surface area contributed by atoms with E-state index in [2.05, 4.69) is 11.7 Å². The number of carbonyl (C=O) groups excluding carboxylic acids is 2. The van der Waals surface area contributed by atoms with Gasteiger partial charge in [0.2, 0.25) is 5.91 Å². The van der Waals surface area contributed by atoms with Gasteiger partial charge >= 0.3 is 0 Å². The minimum atomic E-state index is -0.793. The number of aromatic nitrogens is 4. The highest BCUT2D eigenvalue weighted by atomic mass is 35.5. The maximum Gasteiger partial charge on any atom is 0.284 e. The lowest BCUT2D eigenvalue weighted by Crippen LogP contribution is -2.66. The molecule has 0 spiro atoms. The average Bonchev–Trinajstić information content (AvgIpc) is 3.45.